The number of furan rings is 1. The van der Waals surface area contributed by atoms with Gasteiger partial charge in [-0.1, -0.05) is 0 Å². The number of aliphatic hydroxyl groups is 2. The second-order valence-electron chi connectivity index (χ2n) is 6.63. The van der Waals surface area contributed by atoms with E-state index in [9.17, 15) is 15.0 Å². The normalized spacial score (nSPS) is 29.5. The van der Waals surface area contributed by atoms with Crippen LogP contribution in [0.5, 0.6) is 0 Å². The fraction of sp³-hybridized carbons (Fsp3) is 0.647. The molecule has 0 spiro atoms. The van der Waals surface area contributed by atoms with Crippen molar-refractivity contribution >= 4 is 11.1 Å². The van der Waals surface area contributed by atoms with Gasteiger partial charge in [-0.15, -0.1) is 0 Å². The van der Waals surface area contributed by atoms with Crippen LogP contribution in [0.25, 0.3) is 11.1 Å². The highest BCUT2D eigenvalue weighted by Gasteiger charge is 2.35. The van der Waals surface area contributed by atoms with Crippen LogP contribution in [0.2, 0.25) is 0 Å². The van der Waals surface area contributed by atoms with Gasteiger partial charge < -0.3 is 28.8 Å². The molecule has 26 heavy (non-hydrogen) atoms. The van der Waals surface area contributed by atoms with Gasteiger partial charge in [-0.3, -0.25) is 4.57 Å². The van der Waals surface area contributed by atoms with E-state index < -0.39 is 24.1 Å². The largest absolute Gasteiger partial charge is 0.440 e. The zero-order valence-electron chi connectivity index (χ0n) is 14.2. The molecule has 0 aromatic carbocycles. The highest BCUT2D eigenvalue weighted by Crippen LogP contribution is 2.28. The van der Waals surface area contributed by atoms with Gasteiger partial charge in [0.25, 0.3) is 0 Å². The summed E-state index contributed by atoms with van der Waals surface area (Å²) >= 11 is 0. The van der Waals surface area contributed by atoms with Gasteiger partial charge in [0.15, 0.2) is 6.29 Å². The molecule has 2 fully saturated rings. The van der Waals surface area contributed by atoms with Gasteiger partial charge >= 0.3 is 5.69 Å². The minimum atomic E-state index is -0.823. The summed E-state index contributed by atoms with van der Waals surface area (Å²) in [5, 5.41) is 19.7. The smallest absolute Gasteiger partial charge is 0.353 e. The van der Waals surface area contributed by atoms with Crippen molar-refractivity contribution in [3.63, 3.8) is 0 Å². The molecular weight excluding hydrogens is 344 g/mol. The third kappa shape index (κ3) is 3.53. The number of hydrogen-bond donors (Lipinski definition) is 2. The van der Waals surface area contributed by atoms with Crippen molar-refractivity contribution in [3.05, 3.63) is 28.5 Å². The lowest BCUT2D eigenvalue weighted by Gasteiger charge is -2.22. The molecule has 0 aliphatic carbocycles. The van der Waals surface area contributed by atoms with Crippen LogP contribution in [0.15, 0.2) is 21.5 Å². The minimum absolute atomic E-state index is 0.213. The van der Waals surface area contributed by atoms with Crippen molar-refractivity contribution in [2.24, 2.45) is 0 Å². The monoisotopic (exact) mass is 366 g/mol. The molecule has 1 unspecified atom stereocenters. The quantitative estimate of drug-likeness (QED) is 0.793. The van der Waals surface area contributed by atoms with Crippen molar-refractivity contribution in [1.82, 2.24) is 9.55 Å². The highest BCUT2D eigenvalue weighted by atomic mass is 16.7. The molecule has 9 nitrogen and oxygen atoms in total. The van der Waals surface area contributed by atoms with Crippen molar-refractivity contribution in [3.8, 4) is 0 Å². The molecule has 2 aromatic rings. The van der Waals surface area contributed by atoms with E-state index >= 15 is 0 Å². The summed E-state index contributed by atoms with van der Waals surface area (Å²) < 4.78 is 23.6. The lowest BCUT2D eigenvalue weighted by Crippen LogP contribution is -2.27. The van der Waals surface area contributed by atoms with Crippen LogP contribution < -0.4 is 5.69 Å². The predicted octanol–water partition coefficient (Wildman–Crippen LogP) is 0.673. The molecule has 2 saturated heterocycles. The number of hydrogen-bond acceptors (Lipinski definition) is 8. The standard InChI is InChI=1S/C17H22N2O7/c20-8-13-12(21)6-14(26-13)19-7-10-5-11(25-16(10)18-17(19)22)9-24-15-3-1-2-4-23-15/h5,7,12-15,20-21H,1-4,6,8-9H2/t12-,13-,14-,15?/m1/s1. The Morgan fingerprint density at radius 3 is 3.00 bits per heavy atom. The van der Waals surface area contributed by atoms with Gasteiger partial charge in [0.05, 0.1) is 18.1 Å². The molecule has 2 aliphatic heterocycles. The van der Waals surface area contributed by atoms with Gasteiger partial charge in [-0.05, 0) is 25.3 Å². The van der Waals surface area contributed by atoms with E-state index in [-0.39, 0.29) is 31.6 Å². The van der Waals surface area contributed by atoms with Crippen LogP contribution >= 0.6 is 0 Å². The first kappa shape index (κ1) is 17.6. The van der Waals surface area contributed by atoms with Crippen LogP contribution in [0.1, 0.15) is 37.7 Å². The fourth-order valence-corrected chi connectivity index (χ4v) is 3.32. The summed E-state index contributed by atoms with van der Waals surface area (Å²) in [6.07, 6.45) is 2.37. The van der Waals surface area contributed by atoms with Gasteiger partial charge in [0, 0.05) is 19.2 Å². The number of aromatic nitrogens is 2. The van der Waals surface area contributed by atoms with Crippen LogP contribution in [0.3, 0.4) is 0 Å². The van der Waals surface area contributed by atoms with Crippen molar-refractivity contribution in [2.75, 3.05) is 13.2 Å². The molecule has 0 saturated carbocycles. The summed E-state index contributed by atoms with van der Waals surface area (Å²) in [6.45, 7) is 0.632. The number of rotatable bonds is 5. The average Bonchev–Trinajstić information content (AvgIpc) is 3.22. The maximum absolute atomic E-state index is 12.3. The molecule has 2 aromatic heterocycles. The number of nitrogens with zero attached hydrogens (tertiary/aromatic N) is 2. The maximum atomic E-state index is 12.3. The lowest BCUT2D eigenvalue weighted by atomic mass is 10.2. The van der Waals surface area contributed by atoms with Gasteiger partial charge in [-0.25, -0.2) is 4.79 Å². The first-order valence-corrected chi connectivity index (χ1v) is 8.83. The molecule has 9 heteroatoms. The number of fused-ring (bicyclic) bond motifs is 1. The summed E-state index contributed by atoms with van der Waals surface area (Å²) in [4.78, 5) is 16.2. The van der Waals surface area contributed by atoms with Gasteiger partial charge in [-0.2, -0.15) is 4.98 Å². The number of aliphatic hydroxyl groups excluding tert-OH is 2. The van der Waals surface area contributed by atoms with Crippen molar-refractivity contribution in [1.29, 1.82) is 0 Å². The van der Waals surface area contributed by atoms with Crippen LogP contribution in [0.4, 0.5) is 0 Å². The minimum Gasteiger partial charge on any atom is -0.440 e. The fourth-order valence-electron chi connectivity index (χ4n) is 3.32. The summed E-state index contributed by atoms with van der Waals surface area (Å²) in [5.41, 5.74) is -0.308. The van der Waals surface area contributed by atoms with E-state index in [1.165, 1.54) is 4.57 Å². The van der Waals surface area contributed by atoms with E-state index in [0.717, 1.165) is 19.3 Å². The number of ether oxygens (including phenoxy) is 3. The summed E-state index contributed by atoms with van der Waals surface area (Å²) in [5.74, 6) is 0.555. The topological polar surface area (TPSA) is 116 Å². The highest BCUT2D eigenvalue weighted by molar-refractivity contribution is 5.72. The third-order valence-corrected chi connectivity index (χ3v) is 4.73. The van der Waals surface area contributed by atoms with E-state index in [4.69, 9.17) is 18.6 Å². The Bertz CT molecular complexity index is 811. The molecule has 0 bridgehead atoms. The summed E-state index contributed by atoms with van der Waals surface area (Å²) in [7, 11) is 0. The molecule has 0 amide bonds. The van der Waals surface area contributed by atoms with E-state index in [2.05, 4.69) is 4.98 Å². The van der Waals surface area contributed by atoms with E-state index in [0.29, 0.717) is 17.8 Å². The SMILES string of the molecule is O=c1nc2oc(COC3CCCCO3)cc2cn1[C@H]1C[C@@H](O)[C@@H](CO)O1. The maximum Gasteiger partial charge on any atom is 0.353 e. The zero-order chi connectivity index (χ0) is 18.1. The molecular formula is C17H22N2O7. The zero-order valence-corrected chi connectivity index (χ0v) is 14.2. The molecule has 0 radical (unpaired) electrons. The molecule has 142 valence electrons. The molecule has 4 atom stereocenters. The van der Waals surface area contributed by atoms with Crippen LogP contribution in [-0.4, -0.2) is 51.5 Å². The first-order chi connectivity index (χ1) is 12.6. The third-order valence-electron chi connectivity index (χ3n) is 4.73. The van der Waals surface area contributed by atoms with Gasteiger partial charge in [0.2, 0.25) is 5.71 Å². The van der Waals surface area contributed by atoms with Gasteiger partial charge in [0.1, 0.15) is 24.7 Å². The molecule has 4 heterocycles. The predicted molar refractivity (Wildman–Crippen MR) is 88.3 cm³/mol. The Kier molecular flexibility index (Phi) is 5.05. The Labute approximate surface area is 149 Å². The Balaban J connectivity index is 1.50. The lowest BCUT2D eigenvalue weighted by molar-refractivity contribution is -0.171. The van der Waals surface area contributed by atoms with E-state index in [1.54, 1.807) is 12.3 Å². The molecule has 4 rings (SSSR count). The molecule has 2 aliphatic rings. The second kappa shape index (κ2) is 7.45. The second-order valence-corrected chi connectivity index (χ2v) is 6.63. The van der Waals surface area contributed by atoms with Crippen LogP contribution in [0, 0.1) is 0 Å². The average molecular weight is 366 g/mol. The summed E-state index contributed by atoms with van der Waals surface area (Å²) in [6, 6.07) is 1.76. The Morgan fingerprint density at radius 1 is 1.38 bits per heavy atom. The van der Waals surface area contributed by atoms with E-state index in [1.807, 2.05) is 0 Å². The van der Waals surface area contributed by atoms with Crippen molar-refractivity contribution in [2.45, 2.75) is 57.0 Å². The Morgan fingerprint density at radius 2 is 2.27 bits per heavy atom. The first-order valence-electron chi connectivity index (χ1n) is 8.83. The molecule has 2 N–H and O–H groups in total. The van der Waals surface area contributed by atoms with Crippen LogP contribution in [-0.2, 0) is 20.8 Å². The van der Waals surface area contributed by atoms with Crippen molar-refractivity contribution < 1.29 is 28.8 Å². The Hall–Kier alpha value is -1.78.